The minimum atomic E-state index is -0.617. The lowest BCUT2D eigenvalue weighted by Gasteiger charge is -2.08. The van der Waals surface area contributed by atoms with Crippen LogP contribution < -0.4 is 15.4 Å². The Labute approximate surface area is 165 Å². The Morgan fingerprint density at radius 1 is 1.14 bits per heavy atom. The van der Waals surface area contributed by atoms with Crippen molar-refractivity contribution in [2.75, 3.05) is 10.6 Å². The number of hydrogen-bond donors (Lipinski definition) is 2. The summed E-state index contributed by atoms with van der Waals surface area (Å²) in [5.74, 6) is -0.763. The number of nitriles is 1. The third kappa shape index (κ3) is 4.99. The van der Waals surface area contributed by atoms with Gasteiger partial charge >= 0.3 is 0 Å². The van der Waals surface area contributed by atoms with Gasteiger partial charge in [-0.1, -0.05) is 12.1 Å². The second-order valence-corrected chi connectivity index (χ2v) is 5.99. The molecule has 3 aromatic rings. The standard InChI is InChI=1S/C21H16FN3O4/c1-13(26)24-18-10-15(6-8-17(18)22)25-21(27)20-9-7-16(29-20)12-28-19-5-3-2-4-14(19)11-23/h2-10H,12H2,1H3,(H,24,26)(H,25,27). The van der Waals surface area contributed by atoms with Gasteiger partial charge in [-0.05, 0) is 42.5 Å². The maximum Gasteiger partial charge on any atom is 0.291 e. The van der Waals surface area contributed by atoms with Crippen molar-refractivity contribution in [3.8, 4) is 11.8 Å². The molecule has 0 radical (unpaired) electrons. The topological polar surface area (TPSA) is 104 Å². The van der Waals surface area contributed by atoms with E-state index in [1.165, 1.54) is 25.1 Å². The Morgan fingerprint density at radius 2 is 1.93 bits per heavy atom. The molecule has 0 aliphatic heterocycles. The third-order valence-electron chi connectivity index (χ3n) is 3.80. The number of anilines is 2. The summed E-state index contributed by atoms with van der Waals surface area (Å²) in [4.78, 5) is 23.5. The minimum absolute atomic E-state index is 0.0302. The first-order valence-electron chi connectivity index (χ1n) is 8.55. The van der Waals surface area contributed by atoms with Gasteiger partial charge in [-0.2, -0.15) is 5.26 Å². The number of carbonyl (C=O) groups is 2. The summed E-state index contributed by atoms with van der Waals surface area (Å²) in [6.07, 6.45) is 0. The van der Waals surface area contributed by atoms with Gasteiger partial charge in [0.25, 0.3) is 5.91 Å². The molecule has 0 spiro atoms. The summed E-state index contributed by atoms with van der Waals surface area (Å²) < 4.78 is 24.7. The van der Waals surface area contributed by atoms with E-state index in [9.17, 15) is 14.0 Å². The van der Waals surface area contributed by atoms with Crippen molar-refractivity contribution < 1.29 is 23.1 Å². The fourth-order valence-corrected chi connectivity index (χ4v) is 2.49. The molecule has 0 aliphatic carbocycles. The molecule has 7 nitrogen and oxygen atoms in total. The van der Waals surface area contributed by atoms with E-state index >= 15 is 0 Å². The zero-order chi connectivity index (χ0) is 20.8. The first-order valence-corrected chi connectivity index (χ1v) is 8.55. The lowest BCUT2D eigenvalue weighted by atomic mass is 10.2. The summed E-state index contributed by atoms with van der Waals surface area (Å²) in [5.41, 5.74) is 0.639. The van der Waals surface area contributed by atoms with Gasteiger partial charge in [0.1, 0.15) is 30.0 Å². The smallest absolute Gasteiger partial charge is 0.291 e. The van der Waals surface area contributed by atoms with Crippen LogP contribution in [0.2, 0.25) is 0 Å². The molecule has 3 rings (SSSR count). The molecule has 2 N–H and O–H groups in total. The molecule has 0 bridgehead atoms. The number of nitrogens with one attached hydrogen (secondary N) is 2. The molecule has 146 valence electrons. The second-order valence-electron chi connectivity index (χ2n) is 5.99. The van der Waals surface area contributed by atoms with Crippen molar-refractivity contribution >= 4 is 23.2 Å². The van der Waals surface area contributed by atoms with E-state index in [0.717, 1.165) is 6.07 Å². The number of rotatable bonds is 6. The highest BCUT2D eigenvalue weighted by molar-refractivity contribution is 6.02. The van der Waals surface area contributed by atoms with E-state index < -0.39 is 17.6 Å². The highest BCUT2D eigenvalue weighted by atomic mass is 19.1. The van der Waals surface area contributed by atoms with Crippen LogP contribution in [0.25, 0.3) is 0 Å². The molecule has 1 heterocycles. The second kappa shape index (κ2) is 8.71. The third-order valence-corrected chi connectivity index (χ3v) is 3.80. The predicted molar refractivity (Wildman–Crippen MR) is 103 cm³/mol. The summed E-state index contributed by atoms with van der Waals surface area (Å²) in [5, 5.41) is 14.0. The molecule has 0 unspecified atom stereocenters. The van der Waals surface area contributed by atoms with Crippen LogP contribution in [0, 0.1) is 17.1 Å². The molecule has 1 aromatic heterocycles. The van der Waals surface area contributed by atoms with Gasteiger partial charge in [-0.3, -0.25) is 9.59 Å². The van der Waals surface area contributed by atoms with Crippen molar-refractivity contribution in [3.05, 3.63) is 77.5 Å². The monoisotopic (exact) mass is 393 g/mol. The summed E-state index contributed by atoms with van der Waals surface area (Å²) in [7, 11) is 0. The number of amides is 2. The summed E-state index contributed by atoms with van der Waals surface area (Å²) in [6.45, 7) is 1.29. The van der Waals surface area contributed by atoms with Crippen LogP contribution in [-0.2, 0) is 11.4 Å². The maximum atomic E-state index is 13.7. The molecule has 2 aromatic carbocycles. The fraction of sp³-hybridized carbons (Fsp3) is 0.0952. The molecule has 29 heavy (non-hydrogen) atoms. The average Bonchev–Trinajstić information content (AvgIpc) is 3.18. The van der Waals surface area contributed by atoms with E-state index in [2.05, 4.69) is 10.6 Å². The number of hydrogen-bond acceptors (Lipinski definition) is 5. The molecule has 0 saturated heterocycles. The van der Waals surface area contributed by atoms with Gasteiger partial charge in [0, 0.05) is 12.6 Å². The number of benzene rings is 2. The van der Waals surface area contributed by atoms with E-state index in [4.69, 9.17) is 14.4 Å². The molecule has 0 fully saturated rings. The molecule has 0 atom stereocenters. The van der Waals surface area contributed by atoms with Crippen LogP contribution in [0.4, 0.5) is 15.8 Å². The number of ether oxygens (including phenoxy) is 1. The zero-order valence-corrected chi connectivity index (χ0v) is 15.4. The number of carbonyl (C=O) groups excluding carboxylic acids is 2. The van der Waals surface area contributed by atoms with Crippen LogP contribution in [0.15, 0.2) is 59.0 Å². The van der Waals surface area contributed by atoms with Gasteiger partial charge in [0.05, 0.1) is 11.3 Å². The van der Waals surface area contributed by atoms with Gasteiger partial charge in [-0.15, -0.1) is 0 Å². The minimum Gasteiger partial charge on any atom is -0.484 e. The largest absolute Gasteiger partial charge is 0.484 e. The number of para-hydroxylation sites is 1. The first kappa shape index (κ1) is 19.6. The van der Waals surface area contributed by atoms with Crippen LogP contribution in [0.5, 0.6) is 5.75 Å². The quantitative estimate of drug-likeness (QED) is 0.657. The van der Waals surface area contributed by atoms with Gasteiger partial charge in [0.2, 0.25) is 5.91 Å². The van der Waals surface area contributed by atoms with Gasteiger partial charge in [0.15, 0.2) is 5.76 Å². The Balaban J connectivity index is 1.65. The Kier molecular flexibility index (Phi) is 5.90. The highest BCUT2D eigenvalue weighted by Gasteiger charge is 2.14. The predicted octanol–water partition coefficient (Wildman–Crippen LogP) is 4.08. The molecule has 0 aliphatic rings. The van der Waals surface area contributed by atoms with Crippen molar-refractivity contribution in [1.29, 1.82) is 5.26 Å². The van der Waals surface area contributed by atoms with E-state index in [1.807, 2.05) is 6.07 Å². The highest BCUT2D eigenvalue weighted by Crippen LogP contribution is 2.22. The SMILES string of the molecule is CC(=O)Nc1cc(NC(=O)c2ccc(COc3ccccc3C#N)o2)ccc1F. The maximum absolute atomic E-state index is 13.7. The summed E-state index contributed by atoms with van der Waals surface area (Å²) >= 11 is 0. The Bertz CT molecular complexity index is 1100. The van der Waals surface area contributed by atoms with E-state index in [1.54, 1.807) is 30.3 Å². The van der Waals surface area contributed by atoms with E-state index in [-0.39, 0.29) is 23.7 Å². The van der Waals surface area contributed by atoms with Crippen LogP contribution in [0.3, 0.4) is 0 Å². The lowest BCUT2D eigenvalue weighted by Crippen LogP contribution is -2.12. The van der Waals surface area contributed by atoms with Crippen molar-refractivity contribution in [2.24, 2.45) is 0 Å². The Hall–Kier alpha value is -4.12. The van der Waals surface area contributed by atoms with Crippen LogP contribution in [-0.4, -0.2) is 11.8 Å². The van der Waals surface area contributed by atoms with Gasteiger partial charge < -0.3 is 19.8 Å². The lowest BCUT2D eigenvalue weighted by molar-refractivity contribution is -0.114. The molecular weight excluding hydrogens is 377 g/mol. The first-order chi connectivity index (χ1) is 14.0. The zero-order valence-electron chi connectivity index (χ0n) is 15.4. The number of nitrogens with zero attached hydrogens (tertiary/aromatic N) is 1. The fourth-order valence-electron chi connectivity index (χ4n) is 2.49. The van der Waals surface area contributed by atoms with E-state index in [0.29, 0.717) is 17.1 Å². The van der Waals surface area contributed by atoms with Crippen LogP contribution in [0.1, 0.15) is 28.8 Å². The molecule has 0 saturated carbocycles. The van der Waals surface area contributed by atoms with Crippen LogP contribution >= 0.6 is 0 Å². The average molecular weight is 393 g/mol. The normalized spacial score (nSPS) is 10.1. The molecule has 8 heteroatoms. The van der Waals surface area contributed by atoms with Crippen molar-refractivity contribution in [2.45, 2.75) is 13.5 Å². The van der Waals surface area contributed by atoms with Gasteiger partial charge in [-0.25, -0.2) is 4.39 Å². The number of halogens is 1. The Morgan fingerprint density at radius 3 is 2.69 bits per heavy atom. The summed E-state index contributed by atoms with van der Waals surface area (Å²) in [6, 6.07) is 15.7. The molecular formula is C21H16FN3O4. The van der Waals surface area contributed by atoms with Crippen molar-refractivity contribution in [3.63, 3.8) is 0 Å². The molecule has 2 amide bonds. The number of furan rings is 1. The van der Waals surface area contributed by atoms with Crippen molar-refractivity contribution in [1.82, 2.24) is 0 Å².